The molecule has 0 spiro atoms. The van der Waals surface area contributed by atoms with Crippen molar-refractivity contribution >= 4 is 29.8 Å². The van der Waals surface area contributed by atoms with E-state index in [0.29, 0.717) is 0 Å². The number of ether oxygens (including phenoxy) is 2. The van der Waals surface area contributed by atoms with Gasteiger partial charge in [-0.05, 0) is 32.1 Å². The molecule has 0 amide bonds. The lowest BCUT2D eigenvalue weighted by molar-refractivity contribution is -0.365. The van der Waals surface area contributed by atoms with Crippen molar-refractivity contribution in [3.8, 4) is 0 Å². The van der Waals surface area contributed by atoms with E-state index in [1.165, 1.54) is 35.0 Å². The fourth-order valence-corrected chi connectivity index (χ4v) is 4.39. The van der Waals surface area contributed by atoms with Gasteiger partial charge in [-0.25, -0.2) is 39.1 Å². The van der Waals surface area contributed by atoms with Gasteiger partial charge in [-0.3, -0.25) is 24.0 Å². The Hall–Kier alpha value is -3.05. The second-order valence-corrected chi connectivity index (χ2v) is 12.7. The van der Waals surface area contributed by atoms with Gasteiger partial charge in [-0.1, -0.05) is 34.6 Å². The highest BCUT2D eigenvalue weighted by Gasteiger charge is 2.44. The van der Waals surface area contributed by atoms with Gasteiger partial charge in [0.2, 0.25) is 0 Å². The molecule has 0 rings (SSSR count). The fraction of sp³-hybridized carbons (Fsp3) is 0.844. The van der Waals surface area contributed by atoms with E-state index >= 15 is 0 Å². The largest absolute Gasteiger partial charge is 0.481 e. The first kappa shape index (κ1) is 49.0. The summed E-state index contributed by atoms with van der Waals surface area (Å²) in [5.74, 6) is -6.48. The molecule has 20 nitrogen and oxygen atoms in total. The molecule has 0 aliphatic carbocycles. The Morgan fingerprint density at radius 1 is 0.327 bits per heavy atom. The van der Waals surface area contributed by atoms with Crippen LogP contribution in [0.25, 0.3) is 0 Å². The van der Waals surface area contributed by atoms with Crippen LogP contribution in [-0.2, 0) is 72.5 Å². The minimum Gasteiger partial charge on any atom is -0.481 e. The third-order valence-electron chi connectivity index (χ3n) is 9.51. The number of carboxylic acid groups (broad SMARTS) is 5. The maximum Gasteiger partial charge on any atom is 0.314 e. The third kappa shape index (κ3) is 13.4. The van der Waals surface area contributed by atoms with Crippen molar-refractivity contribution < 1.29 is 98.1 Å². The molecule has 0 bridgehead atoms. The van der Waals surface area contributed by atoms with E-state index in [-0.39, 0.29) is 45.3 Å². The van der Waals surface area contributed by atoms with Crippen molar-refractivity contribution in [2.24, 2.45) is 27.1 Å². The first-order chi connectivity index (χ1) is 24.5. The van der Waals surface area contributed by atoms with Crippen LogP contribution in [0.5, 0.6) is 0 Å². The molecule has 0 radical (unpaired) electrons. The topological polar surface area (TPSA) is 279 Å². The van der Waals surface area contributed by atoms with Gasteiger partial charge in [-0.2, -0.15) is 0 Å². The van der Waals surface area contributed by atoms with Crippen LogP contribution in [0.3, 0.4) is 0 Å². The quantitative estimate of drug-likeness (QED) is 0.0358. The average Bonchev–Trinajstić information content (AvgIpc) is 3.11. The van der Waals surface area contributed by atoms with Gasteiger partial charge in [0.1, 0.15) is 79.9 Å². The molecule has 0 aromatic carbocycles. The molecule has 0 aliphatic heterocycles. The highest BCUT2D eigenvalue weighted by atomic mass is 17.2. The normalized spacial score (nSPS) is 17.5. The van der Waals surface area contributed by atoms with Crippen LogP contribution in [0.1, 0.15) is 66.7 Å². The molecule has 0 aromatic heterocycles. The van der Waals surface area contributed by atoms with E-state index < -0.39 is 110 Å². The van der Waals surface area contributed by atoms with Crippen LogP contribution in [0.2, 0.25) is 0 Å². The van der Waals surface area contributed by atoms with Crippen LogP contribution in [0.15, 0.2) is 0 Å². The first-order valence-corrected chi connectivity index (χ1v) is 16.6. The van der Waals surface area contributed by atoms with Gasteiger partial charge >= 0.3 is 29.8 Å². The van der Waals surface area contributed by atoms with Crippen molar-refractivity contribution in [1.29, 1.82) is 0 Å². The molecule has 52 heavy (non-hydrogen) atoms. The highest BCUT2D eigenvalue weighted by Crippen LogP contribution is 2.30. The van der Waals surface area contributed by atoms with Crippen LogP contribution in [0.4, 0.5) is 0 Å². The molecule has 0 aliphatic rings. The summed E-state index contributed by atoms with van der Waals surface area (Å²) in [5, 5.41) is 49.0. The van der Waals surface area contributed by atoms with Gasteiger partial charge in [-0.15, -0.1) is 0 Å². The summed E-state index contributed by atoms with van der Waals surface area (Å²) in [6.07, 6.45) is 0.0830. The van der Waals surface area contributed by atoms with Crippen molar-refractivity contribution in [1.82, 2.24) is 0 Å². The molecule has 0 saturated carbocycles. The summed E-state index contributed by atoms with van der Waals surface area (Å²) in [6.45, 7) is 2.89. The van der Waals surface area contributed by atoms with Crippen molar-refractivity contribution in [3.05, 3.63) is 0 Å². The minimum absolute atomic E-state index is 0.0521. The number of carboxylic acids is 5. The van der Waals surface area contributed by atoms with Gasteiger partial charge in [0, 0.05) is 14.2 Å². The fourth-order valence-electron chi connectivity index (χ4n) is 4.39. The Kier molecular flexibility index (Phi) is 22.2. The van der Waals surface area contributed by atoms with Crippen LogP contribution in [-0.4, -0.2) is 136 Å². The second-order valence-electron chi connectivity index (χ2n) is 12.7. The molecule has 0 fully saturated rings. The van der Waals surface area contributed by atoms with Crippen molar-refractivity contribution in [2.75, 3.05) is 80.3 Å². The number of hydrogen-bond acceptors (Lipinski definition) is 15. The smallest absolute Gasteiger partial charge is 0.314 e. The zero-order valence-electron chi connectivity index (χ0n) is 31.0. The lowest BCUT2D eigenvalue weighted by Gasteiger charge is -2.31. The number of aliphatic carboxylic acids is 5. The zero-order valence-corrected chi connectivity index (χ0v) is 31.0. The van der Waals surface area contributed by atoms with E-state index in [4.69, 9.17) is 48.6 Å². The van der Waals surface area contributed by atoms with Crippen LogP contribution < -0.4 is 0 Å². The molecule has 20 heteroatoms. The number of hydrogen-bond donors (Lipinski definition) is 5. The zero-order chi connectivity index (χ0) is 40.1. The molecule has 0 heterocycles. The standard InChI is InChI=1S/C32H56O20/c1-8-28(13-43-6,23(33)34)15-45-47-17-30(10-3,25(37)38)19-49-51-21-32(12-5,27(41)42)22-52-50-20-31(11-4,26(39)40)18-48-46-16-29(9-2,14-44-7)24(35)36/h8-22H2,1-7H3,(H,33,34)(H,35,36)(H,37,38)(H,39,40)(H,41,42). The molecule has 4 unspecified atom stereocenters. The predicted molar refractivity (Wildman–Crippen MR) is 173 cm³/mol. The lowest BCUT2D eigenvalue weighted by atomic mass is 9.87. The summed E-state index contributed by atoms with van der Waals surface area (Å²) >= 11 is 0. The molecule has 304 valence electrons. The molecule has 0 saturated heterocycles. The third-order valence-corrected chi connectivity index (χ3v) is 9.51. The number of rotatable bonds is 34. The lowest BCUT2D eigenvalue weighted by Crippen LogP contribution is -2.44. The van der Waals surface area contributed by atoms with Gasteiger partial charge < -0.3 is 35.0 Å². The van der Waals surface area contributed by atoms with Crippen LogP contribution in [0, 0.1) is 27.1 Å². The maximum atomic E-state index is 12.3. The Labute approximate surface area is 302 Å². The van der Waals surface area contributed by atoms with Crippen molar-refractivity contribution in [2.45, 2.75) is 66.7 Å². The van der Waals surface area contributed by atoms with Crippen LogP contribution >= 0.6 is 0 Å². The SMILES string of the molecule is CCC(COC)(COOCC(CC)(COOCC(CC)(COOCC(CC)(COOCC(CC)(COC)C(=O)O)C(=O)O)C(=O)O)C(=O)O)C(=O)O. The number of methoxy groups -OCH3 is 2. The Balaban J connectivity index is 5.36. The summed E-state index contributed by atoms with van der Waals surface area (Å²) in [6, 6.07) is 0. The highest BCUT2D eigenvalue weighted by molar-refractivity contribution is 5.76. The van der Waals surface area contributed by atoms with Gasteiger partial charge in [0.25, 0.3) is 0 Å². The summed E-state index contributed by atoms with van der Waals surface area (Å²) in [7, 11) is 2.65. The summed E-state index contributed by atoms with van der Waals surface area (Å²) in [5.41, 5.74) is -8.12. The molecule has 0 aromatic rings. The van der Waals surface area contributed by atoms with E-state index in [1.54, 1.807) is 13.8 Å². The van der Waals surface area contributed by atoms with Crippen molar-refractivity contribution in [3.63, 3.8) is 0 Å². The van der Waals surface area contributed by atoms with Gasteiger partial charge in [0.05, 0.1) is 13.2 Å². The monoisotopic (exact) mass is 760 g/mol. The Bertz CT molecular complexity index is 1040. The molecule has 4 atom stereocenters. The average molecular weight is 761 g/mol. The molecule has 5 N–H and O–H groups in total. The summed E-state index contributed by atoms with van der Waals surface area (Å²) in [4.78, 5) is 101. The first-order valence-electron chi connectivity index (χ1n) is 16.6. The maximum absolute atomic E-state index is 12.3. The predicted octanol–water partition coefficient (Wildman–Crippen LogP) is 2.48. The molecular formula is C32H56O20. The summed E-state index contributed by atoms with van der Waals surface area (Å²) < 4.78 is 9.96. The van der Waals surface area contributed by atoms with E-state index in [1.807, 2.05) is 0 Å². The second kappa shape index (κ2) is 23.6. The Morgan fingerprint density at radius 2 is 0.462 bits per heavy atom. The molecular weight excluding hydrogens is 704 g/mol. The number of carbonyl (C=O) groups is 5. The van der Waals surface area contributed by atoms with E-state index in [9.17, 15) is 49.5 Å². The van der Waals surface area contributed by atoms with E-state index in [2.05, 4.69) is 0 Å². The van der Waals surface area contributed by atoms with E-state index in [0.717, 1.165) is 0 Å². The minimum atomic E-state index is -1.79. The van der Waals surface area contributed by atoms with Gasteiger partial charge in [0.15, 0.2) is 0 Å². The Morgan fingerprint density at radius 3 is 0.558 bits per heavy atom.